The Kier molecular flexibility index (Phi) is 3.11. The van der Waals surface area contributed by atoms with Crippen molar-refractivity contribution in [1.29, 1.82) is 0 Å². The second-order valence-electron chi connectivity index (χ2n) is 5.38. The predicted molar refractivity (Wildman–Crippen MR) is 73.4 cm³/mol. The van der Waals surface area contributed by atoms with Crippen molar-refractivity contribution in [2.24, 2.45) is 5.92 Å². The third-order valence-electron chi connectivity index (χ3n) is 4.09. The third kappa shape index (κ3) is 2.28. The van der Waals surface area contributed by atoms with E-state index in [1.165, 1.54) is 23.3 Å². The minimum Gasteiger partial charge on any atom is -0.388 e. The summed E-state index contributed by atoms with van der Waals surface area (Å²) >= 11 is 0. The molecule has 0 aromatic heterocycles. The Hall–Kier alpha value is -1.67. The molecule has 2 heteroatoms. The van der Waals surface area contributed by atoms with Crippen molar-refractivity contribution in [2.45, 2.75) is 25.9 Å². The maximum Gasteiger partial charge on any atom is 0.123 e. The molecule has 1 unspecified atom stereocenters. The van der Waals surface area contributed by atoms with Gasteiger partial charge in [-0.15, -0.1) is 0 Å². The molecule has 1 nitrogen and oxygen atoms in total. The largest absolute Gasteiger partial charge is 0.388 e. The summed E-state index contributed by atoms with van der Waals surface area (Å²) in [6, 6.07) is 12.9. The van der Waals surface area contributed by atoms with Crippen LogP contribution in [0.25, 0.3) is 0 Å². The number of hydrogen-bond acceptors (Lipinski definition) is 1. The molecule has 0 saturated heterocycles. The minimum absolute atomic E-state index is 0.151. The molecule has 0 radical (unpaired) electrons. The van der Waals surface area contributed by atoms with Crippen LogP contribution in [0.5, 0.6) is 0 Å². The first-order chi connectivity index (χ1) is 9.15. The van der Waals surface area contributed by atoms with E-state index in [0.717, 1.165) is 24.0 Å². The number of hydrogen-bond donors (Lipinski definition) is 1. The fraction of sp³-hybridized carbons (Fsp3) is 0.294. The van der Waals surface area contributed by atoms with Crippen molar-refractivity contribution in [3.8, 4) is 0 Å². The minimum atomic E-state index is -0.594. The second-order valence-corrected chi connectivity index (χ2v) is 5.38. The number of benzene rings is 2. The van der Waals surface area contributed by atoms with Crippen LogP contribution in [0.1, 0.15) is 28.4 Å². The maximum absolute atomic E-state index is 13.3. The lowest BCUT2D eigenvalue weighted by Gasteiger charge is -2.20. The summed E-state index contributed by atoms with van der Waals surface area (Å²) in [6.45, 7) is 1.92. The molecule has 2 aromatic rings. The molecule has 98 valence electrons. The number of aliphatic hydroxyl groups is 1. The topological polar surface area (TPSA) is 20.2 Å². The zero-order valence-electron chi connectivity index (χ0n) is 10.9. The molecule has 0 heterocycles. The van der Waals surface area contributed by atoms with E-state index in [1.54, 1.807) is 6.07 Å². The molecule has 0 aliphatic heterocycles. The Morgan fingerprint density at radius 1 is 1.11 bits per heavy atom. The molecule has 2 aromatic carbocycles. The van der Waals surface area contributed by atoms with Gasteiger partial charge in [0.2, 0.25) is 0 Å². The standard InChI is InChI=1S/C17H17FO/c1-11-6-7-15(18)10-16(11)17(19)14-8-12-4-2-3-5-13(12)9-14/h2-7,10,14,17,19H,8-9H2,1H3. The van der Waals surface area contributed by atoms with Crippen LogP contribution in [-0.2, 0) is 12.8 Å². The van der Waals surface area contributed by atoms with Crippen molar-refractivity contribution in [3.05, 3.63) is 70.5 Å². The van der Waals surface area contributed by atoms with Gasteiger partial charge in [0.1, 0.15) is 5.82 Å². The maximum atomic E-state index is 13.3. The average molecular weight is 256 g/mol. The van der Waals surface area contributed by atoms with Crippen molar-refractivity contribution in [2.75, 3.05) is 0 Å². The molecular formula is C17H17FO. The van der Waals surface area contributed by atoms with Gasteiger partial charge in [0.05, 0.1) is 6.10 Å². The summed E-state index contributed by atoms with van der Waals surface area (Å²) in [4.78, 5) is 0. The average Bonchev–Trinajstić information content (AvgIpc) is 2.84. The van der Waals surface area contributed by atoms with Crippen molar-refractivity contribution in [3.63, 3.8) is 0 Å². The fourth-order valence-electron chi connectivity index (χ4n) is 3.00. The highest BCUT2D eigenvalue weighted by atomic mass is 19.1. The smallest absolute Gasteiger partial charge is 0.123 e. The monoisotopic (exact) mass is 256 g/mol. The van der Waals surface area contributed by atoms with Crippen LogP contribution in [0.3, 0.4) is 0 Å². The van der Waals surface area contributed by atoms with E-state index >= 15 is 0 Å². The van der Waals surface area contributed by atoms with E-state index in [4.69, 9.17) is 0 Å². The lowest BCUT2D eigenvalue weighted by Crippen LogP contribution is -2.14. The summed E-state index contributed by atoms with van der Waals surface area (Å²) in [5.74, 6) is -0.131. The van der Waals surface area contributed by atoms with Crippen molar-refractivity contribution in [1.82, 2.24) is 0 Å². The Morgan fingerprint density at radius 2 is 1.74 bits per heavy atom. The second kappa shape index (κ2) is 4.78. The highest BCUT2D eigenvalue weighted by Gasteiger charge is 2.29. The molecule has 1 aliphatic carbocycles. The highest BCUT2D eigenvalue weighted by Crippen LogP contribution is 2.36. The van der Waals surface area contributed by atoms with Gasteiger partial charge in [-0.05, 0) is 60.1 Å². The summed E-state index contributed by atoms with van der Waals surface area (Å²) < 4.78 is 13.3. The van der Waals surface area contributed by atoms with Gasteiger partial charge in [-0.3, -0.25) is 0 Å². The van der Waals surface area contributed by atoms with Gasteiger partial charge in [0.25, 0.3) is 0 Å². The lowest BCUT2D eigenvalue weighted by atomic mass is 9.90. The zero-order valence-corrected chi connectivity index (χ0v) is 10.9. The van der Waals surface area contributed by atoms with Gasteiger partial charge in [0.15, 0.2) is 0 Å². The zero-order chi connectivity index (χ0) is 13.4. The quantitative estimate of drug-likeness (QED) is 0.870. The van der Waals surface area contributed by atoms with Gasteiger partial charge >= 0.3 is 0 Å². The van der Waals surface area contributed by atoms with Gasteiger partial charge in [-0.25, -0.2) is 4.39 Å². The highest BCUT2D eigenvalue weighted by molar-refractivity contribution is 5.35. The molecule has 0 fully saturated rings. The van der Waals surface area contributed by atoms with Crippen LogP contribution in [0.4, 0.5) is 4.39 Å². The number of rotatable bonds is 2. The van der Waals surface area contributed by atoms with E-state index in [9.17, 15) is 9.50 Å². The van der Waals surface area contributed by atoms with Crippen molar-refractivity contribution < 1.29 is 9.50 Å². The number of halogens is 1. The molecular weight excluding hydrogens is 239 g/mol. The van der Waals surface area contributed by atoms with Crippen LogP contribution >= 0.6 is 0 Å². The van der Waals surface area contributed by atoms with Crippen LogP contribution in [0.2, 0.25) is 0 Å². The third-order valence-corrected chi connectivity index (χ3v) is 4.09. The number of aryl methyl sites for hydroxylation is 1. The first kappa shape index (κ1) is 12.4. The molecule has 0 saturated carbocycles. The van der Waals surface area contributed by atoms with E-state index < -0.39 is 6.10 Å². The summed E-state index contributed by atoms with van der Waals surface area (Å²) in [7, 11) is 0. The molecule has 0 amide bonds. The molecule has 1 aliphatic rings. The SMILES string of the molecule is Cc1ccc(F)cc1C(O)C1Cc2ccccc2C1. The lowest BCUT2D eigenvalue weighted by molar-refractivity contribution is 0.112. The molecule has 3 rings (SSSR count). The van der Waals surface area contributed by atoms with Gasteiger partial charge in [-0.1, -0.05) is 30.3 Å². The first-order valence-corrected chi connectivity index (χ1v) is 6.66. The van der Waals surface area contributed by atoms with Gasteiger partial charge in [0, 0.05) is 0 Å². The van der Waals surface area contributed by atoms with Gasteiger partial charge in [-0.2, -0.15) is 0 Å². The van der Waals surface area contributed by atoms with Crippen LogP contribution < -0.4 is 0 Å². The number of aliphatic hydroxyl groups excluding tert-OH is 1. The molecule has 0 bridgehead atoms. The summed E-state index contributed by atoms with van der Waals surface area (Å²) in [6.07, 6.45) is 1.14. The van der Waals surface area contributed by atoms with E-state index in [0.29, 0.717) is 0 Å². The fourth-order valence-corrected chi connectivity index (χ4v) is 3.00. The first-order valence-electron chi connectivity index (χ1n) is 6.66. The molecule has 1 atom stereocenters. The van der Waals surface area contributed by atoms with Gasteiger partial charge < -0.3 is 5.11 Å². The Morgan fingerprint density at radius 3 is 2.37 bits per heavy atom. The van der Waals surface area contributed by atoms with Crippen molar-refractivity contribution >= 4 is 0 Å². The molecule has 1 N–H and O–H groups in total. The predicted octanol–water partition coefficient (Wildman–Crippen LogP) is 3.58. The van der Waals surface area contributed by atoms with E-state index in [2.05, 4.69) is 12.1 Å². The van der Waals surface area contributed by atoms with E-state index in [1.807, 2.05) is 19.1 Å². The Bertz CT molecular complexity index is 581. The normalized spacial score (nSPS) is 16.4. The number of fused-ring (bicyclic) bond motifs is 1. The summed E-state index contributed by atoms with van der Waals surface area (Å²) in [5.41, 5.74) is 4.28. The Labute approximate surface area is 112 Å². The summed E-state index contributed by atoms with van der Waals surface area (Å²) in [5, 5.41) is 10.5. The Balaban J connectivity index is 1.87. The van der Waals surface area contributed by atoms with E-state index in [-0.39, 0.29) is 11.7 Å². The molecule has 19 heavy (non-hydrogen) atoms. The van der Waals surface area contributed by atoms with Crippen LogP contribution in [-0.4, -0.2) is 5.11 Å². The van der Waals surface area contributed by atoms with Crippen LogP contribution in [0.15, 0.2) is 42.5 Å². The molecule has 0 spiro atoms. The van der Waals surface area contributed by atoms with Crippen LogP contribution in [0, 0.1) is 18.7 Å².